The minimum absolute atomic E-state index is 0.236. The molecule has 4 aromatic carbocycles. The zero-order valence-corrected chi connectivity index (χ0v) is 22.2. The molecule has 5 aromatic rings. The van der Waals surface area contributed by atoms with Gasteiger partial charge in [0.2, 0.25) is 0 Å². The number of H-pyrrole nitrogens is 1. The van der Waals surface area contributed by atoms with Crippen molar-refractivity contribution in [1.82, 2.24) is 10.4 Å². The van der Waals surface area contributed by atoms with E-state index in [0.29, 0.717) is 33.3 Å². The molecule has 194 valence electrons. The number of hydrazone groups is 1. The van der Waals surface area contributed by atoms with Gasteiger partial charge in [0.05, 0.1) is 18.9 Å². The van der Waals surface area contributed by atoms with E-state index in [1.807, 2.05) is 30.3 Å². The van der Waals surface area contributed by atoms with Crippen molar-refractivity contribution < 1.29 is 23.5 Å². The molecule has 7 nitrogen and oxygen atoms in total. The second kappa shape index (κ2) is 11.3. The van der Waals surface area contributed by atoms with Crippen LogP contribution in [0.3, 0.4) is 0 Å². The number of hydrogen-bond acceptors (Lipinski definition) is 5. The molecule has 0 fully saturated rings. The fourth-order valence-electron chi connectivity index (χ4n) is 4.05. The monoisotopic (exact) mass is 585 g/mol. The van der Waals surface area contributed by atoms with E-state index in [1.165, 1.54) is 18.3 Å². The minimum atomic E-state index is -0.559. The number of methoxy groups -OCH3 is 1. The highest BCUT2D eigenvalue weighted by molar-refractivity contribution is 9.10. The number of rotatable bonds is 7. The summed E-state index contributed by atoms with van der Waals surface area (Å²) in [5.41, 5.74) is 5.48. The van der Waals surface area contributed by atoms with Crippen LogP contribution in [0.4, 0.5) is 4.39 Å². The number of benzene rings is 4. The van der Waals surface area contributed by atoms with Crippen LogP contribution in [-0.2, 0) is 0 Å². The summed E-state index contributed by atoms with van der Waals surface area (Å²) >= 11 is 3.40. The Bertz CT molecular complexity index is 1700. The molecule has 0 saturated heterocycles. The van der Waals surface area contributed by atoms with Crippen molar-refractivity contribution >= 4 is 44.9 Å². The lowest BCUT2D eigenvalue weighted by Gasteiger charge is -2.09. The first-order chi connectivity index (χ1) is 18.9. The summed E-state index contributed by atoms with van der Waals surface area (Å²) in [5, 5.41) is 4.68. The van der Waals surface area contributed by atoms with Gasteiger partial charge in [0.1, 0.15) is 23.0 Å². The number of aromatic amines is 1. The summed E-state index contributed by atoms with van der Waals surface area (Å²) < 4.78 is 25.5. The third kappa shape index (κ3) is 5.73. The van der Waals surface area contributed by atoms with Crippen LogP contribution in [0, 0.1) is 5.82 Å². The normalized spacial score (nSPS) is 11.1. The molecule has 0 radical (unpaired) electrons. The number of amides is 1. The van der Waals surface area contributed by atoms with Gasteiger partial charge in [0.25, 0.3) is 5.91 Å². The van der Waals surface area contributed by atoms with Gasteiger partial charge < -0.3 is 14.5 Å². The van der Waals surface area contributed by atoms with Crippen LogP contribution in [-0.4, -0.2) is 30.2 Å². The molecule has 0 bridgehead atoms. The molecule has 0 unspecified atom stereocenters. The Hall–Kier alpha value is -4.76. The summed E-state index contributed by atoms with van der Waals surface area (Å²) in [4.78, 5) is 28.9. The number of nitrogens with one attached hydrogen (secondary N) is 2. The van der Waals surface area contributed by atoms with Crippen molar-refractivity contribution in [2.24, 2.45) is 5.10 Å². The first-order valence-corrected chi connectivity index (χ1v) is 12.6. The molecule has 0 saturated carbocycles. The maximum absolute atomic E-state index is 14.1. The number of ether oxygens (including phenoxy) is 2. The summed E-state index contributed by atoms with van der Waals surface area (Å²) in [6.07, 6.45) is 1.38. The molecule has 9 heteroatoms. The molecule has 1 heterocycles. The highest BCUT2D eigenvalue weighted by atomic mass is 79.9. The zero-order valence-electron chi connectivity index (χ0n) is 20.6. The lowest BCUT2D eigenvalue weighted by atomic mass is 10.0. The van der Waals surface area contributed by atoms with E-state index >= 15 is 0 Å². The van der Waals surface area contributed by atoms with Crippen molar-refractivity contribution in [3.05, 3.63) is 118 Å². The lowest BCUT2D eigenvalue weighted by Crippen LogP contribution is -2.19. The van der Waals surface area contributed by atoms with Gasteiger partial charge in [-0.1, -0.05) is 46.3 Å². The molecular formula is C30H21BrFN3O4. The average molecular weight is 586 g/mol. The Morgan fingerprint density at radius 1 is 0.974 bits per heavy atom. The van der Waals surface area contributed by atoms with Gasteiger partial charge in [-0.2, -0.15) is 5.10 Å². The first kappa shape index (κ1) is 25.9. The van der Waals surface area contributed by atoms with Crippen molar-refractivity contribution in [2.75, 3.05) is 7.11 Å². The first-order valence-electron chi connectivity index (χ1n) is 11.8. The third-order valence-electron chi connectivity index (χ3n) is 5.92. The lowest BCUT2D eigenvalue weighted by molar-refractivity contribution is 0.0734. The molecule has 1 amide bonds. The maximum Gasteiger partial charge on any atom is 0.343 e. The number of nitrogens with zero attached hydrogens (tertiary/aromatic N) is 1. The number of carbonyl (C=O) groups excluding carboxylic acids is 2. The number of carbonyl (C=O) groups is 2. The largest absolute Gasteiger partial charge is 0.497 e. The number of aromatic nitrogens is 1. The van der Waals surface area contributed by atoms with Crippen LogP contribution in [0.1, 0.15) is 26.4 Å². The molecule has 5 rings (SSSR count). The van der Waals surface area contributed by atoms with Gasteiger partial charge in [-0.3, -0.25) is 4.79 Å². The fourth-order valence-corrected chi connectivity index (χ4v) is 4.43. The molecule has 0 aliphatic carbocycles. The van der Waals surface area contributed by atoms with E-state index in [0.717, 1.165) is 10.0 Å². The van der Waals surface area contributed by atoms with Gasteiger partial charge in [-0.25, -0.2) is 14.6 Å². The predicted molar refractivity (Wildman–Crippen MR) is 151 cm³/mol. The Morgan fingerprint density at radius 2 is 1.74 bits per heavy atom. The number of esters is 1. The summed E-state index contributed by atoms with van der Waals surface area (Å²) in [6.45, 7) is 0. The minimum Gasteiger partial charge on any atom is -0.497 e. The van der Waals surface area contributed by atoms with E-state index in [2.05, 4.69) is 31.4 Å². The number of halogens is 2. The molecule has 1 aromatic heterocycles. The van der Waals surface area contributed by atoms with Gasteiger partial charge in [-0.15, -0.1) is 0 Å². The Kier molecular flexibility index (Phi) is 7.51. The highest BCUT2D eigenvalue weighted by Gasteiger charge is 2.19. The Labute approximate surface area is 231 Å². The molecule has 0 spiro atoms. The van der Waals surface area contributed by atoms with Gasteiger partial charge >= 0.3 is 5.97 Å². The van der Waals surface area contributed by atoms with Crippen LogP contribution < -0.4 is 14.9 Å². The van der Waals surface area contributed by atoms with Gasteiger partial charge in [0.15, 0.2) is 0 Å². The van der Waals surface area contributed by atoms with Crippen LogP contribution in [0.5, 0.6) is 11.5 Å². The summed E-state index contributed by atoms with van der Waals surface area (Å²) in [6, 6.07) is 25.1. The van der Waals surface area contributed by atoms with E-state index < -0.39 is 17.7 Å². The Morgan fingerprint density at radius 3 is 2.49 bits per heavy atom. The van der Waals surface area contributed by atoms with Crippen LogP contribution in [0.2, 0.25) is 0 Å². The molecule has 39 heavy (non-hydrogen) atoms. The quantitative estimate of drug-likeness (QED) is 0.0958. The standard InChI is InChI=1S/C30H21BrFN3O4/c1-38-23-11-7-19(8-12-23)30(37)39-26-14-9-21(31)15-20(26)17-33-35-29(36)28-27(18-5-3-2-4-6-18)24-16-22(32)10-13-25(24)34-28/h2-17,34H,1H3,(H,35,36). The number of hydrogen-bond donors (Lipinski definition) is 2. The zero-order chi connectivity index (χ0) is 27.4. The second-order valence-electron chi connectivity index (χ2n) is 8.43. The SMILES string of the molecule is COc1ccc(C(=O)Oc2ccc(Br)cc2C=NNC(=O)c2[nH]c3ccc(F)cc3c2-c2ccccc2)cc1. The molecule has 0 atom stereocenters. The van der Waals surface area contributed by atoms with E-state index in [9.17, 15) is 14.0 Å². The van der Waals surface area contributed by atoms with E-state index in [4.69, 9.17) is 9.47 Å². The summed E-state index contributed by atoms with van der Waals surface area (Å²) in [7, 11) is 1.54. The van der Waals surface area contributed by atoms with E-state index in [-0.39, 0.29) is 11.4 Å². The molecular weight excluding hydrogens is 565 g/mol. The average Bonchev–Trinajstić information content (AvgIpc) is 3.33. The topological polar surface area (TPSA) is 92.8 Å². The fraction of sp³-hybridized carbons (Fsp3) is 0.0333. The predicted octanol–water partition coefficient (Wildman–Crippen LogP) is 6.73. The van der Waals surface area contributed by atoms with Crippen molar-refractivity contribution in [3.8, 4) is 22.6 Å². The van der Waals surface area contributed by atoms with Crippen LogP contribution in [0.25, 0.3) is 22.0 Å². The van der Waals surface area contributed by atoms with Crippen molar-refractivity contribution in [2.45, 2.75) is 0 Å². The molecule has 0 aliphatic rings. The maximum atomic E-state index is 14.1. The van der Waals surface area contributed by atoms with Gasteiger partial charge in [0, 0.05) is 26.5 Å². The molecule has 2 N–H and O–H groups in total. The highest BCUT2D eigenvalue weighted by Crippen LogP contribution is 2.33. The van der Waals surface area contributed by atoms with E-state index in [1.54, 1.807) is 55.6 Å². The van der Waals surface area contributed by atoms with Crippen LogP contribution in [0.15, 0.2) is 101 Å². The van der Waals surface area contributed by atoms with Crippen molar-refractivity contribution in [3.63, 3.8) is 0 Å². The Balaban J connectivity index is 1.39. The summed E-state index contributed by atoms with van der Waals surface area (Å²) in [5.74, 6) is -0.614. The number of fused-ring (bicyclic) bond motifs is 1. The molecule has 0 aliphatic heterocycles. The third-order valence-corrected chi connectivity index (χ3v) is 6.41. The van der Waals surface area contributed by atoms with Crippen LogP contribution >= 0.6 is 15.9 Å². The second-order valence-corrected chi connectivity index (χ2v) is 9.35. The smallest absolute Gasteiger partial charge is 0.343 e. The van der Waals surface area contributed by atoms with Crippen molar-refractivity contribution in [1.29, 1.82) is 0 Å². The van der Waals surface area contributed by atoms with Gasteiger partial charge in [-0.05, 0) is 66.2 Å².